The molecule has 3 nitrogen and oxygen atoms in total. The van der Waals surface area contributed by atoms with Gasteiger partial charge in [0.15, 0.2) is 0 Å². The molecule has 0 bridgehead atoms. The maximum absolute atomic E-state index is 13.2. The fourth-order valence-corrected chi connectivity index (χ4v) is 3.98. The second-order valence-electron chi connectivity index (χ2n) is 6.71. The summed E-state index contributed by atoms with van der Waals surface area (Å²) in [5, 5.41) is 3.89. The molecule has 1 N–H and O–H groups in total. The second kappa shape index (κ2) is 7.05. The van der Waals surface area contributed by atoms with Crippen LogP contribution in [0.25, 0.3) is 0 Å². The van der Waals surface area contributed by atoms with Crippen molar-refractivity contribution in [3.8, 4) is 0 Å². The SMILES string of the molecule is CC(C)Sc1ccccc1C(=O)N(CC1CC1)[C@H]1CCNC1. The van der Waals surface area contributed by atoms with Gasteiger partial charge in [-0.25, -0.2) is 0 Å². The fraction of sp³-hybridized carbons (Fsp3) is 0.611. The van der Waals surface area contributed by atoms with Crippen LogP contribution >= 0.6 is 11.8 Å². The summed E-state index contributed by atoms with van der Waals surface area (Å²) in [7, 11) is 0. The van der Waals surface area contributed by atoms with E-state index in [1.54, 1.807) is 11.8 Å². The van der Waals surface area contributed by atoms with Crippen LogP contribution in [0.3, 0.4) is 0 Å². The highest BCUT2D eigenvalue weighted by Crippen LogP contribution is 2.33. The third-order valence-electron chi connectivity index (χ3n) is 4.37. The first-order valence-corrected chi connectivity index (χ1v) is 9.30. The number of amides is 1. The normalized spacial score (nSPS) is 21.3. The Bertz CT molecular complexity index is 522. The molecule has 3 rings (SSSR count). The Labute approximate surface area is 137 Å². The number of nitrogens with zero attached hydrogens (tertiary/aromatic N) is 1. The molecule has 2 aliphatic rings. The standard InChI is InChI=1S/C18H26N2OS/c1-13(2)22-17-6-4-3-5-16(17)18(21)20(12-14-7-8-14)15-9-10-19-11-15/h3-6,13-15,19H,7-12H2,1-2H3/t15-/m0/s1. The molecule has 120 valence electrons. The van der Waals surface area contributed by atoms with Crippen molar-refractivity contribution in [2.45, 2.75) is 49.3 Å². The molecule has 22 heavy (non-hydrogen) atoms. The minimum absolute atomic E-state index is 0.226. The largest absolute Gasteiger partial charge is 0.334 e. The summed E-state index contributed by atoms with van der Waals surface area (Å²) in [6.45, 7) is 7.26. The second-order valence-corrected chi connectivity index (χ2v) is 8.33. The van der Waals surface area contributed by atoms with Crippen molar-refractivity contribution < 1.29 is 4.79 Å². The van der Waals surface area contributed by atoms with Gasteiger partial charge in [-0.1, -0.05) is 26.0 Å². The van der Waals surface area contributed by atoms with Crippen LogP contribution in [0.2, 0.25) is 0 Å². The van der Waals surface area contributed by atoms with Gasteiger partial charge >= 0.3 is 0 Å². The Kier molecular flexibility index (Phi) is 5.09. The summed E-state index contributed by atoms with van der Waals surface area (Å²) in [6.07, 6.45) is 3.65. The van der Waals surface area contributed by atoms with E-state index in [9.17, 15) is 4.79 Å². The molecule has 0 aromatic heterocycles. The molecule has 0 unspecified atom stereocenters. The summed E-state index contributed by atoms with van der Waals surface area (Å²) in [5.74, 6) is 0.957. The highest BCUT2D eigenvalue weighted by atomic mass is 32.2. The minimum atomic E-state index is 0.226. The van der Waals surface area contributed by atoms with Crippen LogP contribution in [0.1, 0.15) is 43.5 Å². The highest BCUT2D eigenvalue weighted by Gasteiger charge is 2.33. The molecule has 1 heterocycles. The number of hydrogen-bond acceptors (Lipinski definition) is 3. The van der Waals surface area contributed by atoms with Crippen molar-refractivity contribution in [2.75, 3.05) is 19.6 Å². The molecular formula is C18H26N2OS. The lowest BCUT2D eigenvalue weighted by molar-refractivity contribution is 0.0678. The van der Waals surface area contributed by atoms with Gasteiger partial charge in [0.05, 0.1) is 5.56 Å². The predicted molar refractivity (Wildman–Crippen MR) is 92.5 cm³/mol. The third-order valence-corrected chi connectivity index (χ3v) is 5.45. The smallest absolute Gasteiger partial charge is 0.255 e. The van der Waals surface area contributed by atoms with Gasteiger partial charge in [0.1, 0.15) is 0 Å². The van der Waals surface area contributed by atoms with Crippen molar-refractivity contribution in [2.24, 2.45) is 5.92 Å². The monoisotopic (exact) mass is 318 g/mol. The van der Waals surface area contributed by atoms with E-state index in [2.05, 4.69) is 30.1 Å². The lowest BCUT2D eigenvalue weighted by atomic mass is 10.1. The predicted octanol–water partition coefficient (Wildman–Crippen LogP) is 3.40. The molecule has 1 amide bonds. The lowest BCUT2D eigenvalue weighted by Crippen LogP contribution is -2.43. The molecule has 1 aromatic carbocycles. The molecular weight excluding hydrogens is 292 g/mol. The van der Waals surface area contributed by atoms with Crippen LogP contribution in [0.5, 0.6) is 0 Å². The van der Waals surface area contributed by atoms with E-state index in [-0.39, 0.29) is 5.91 Å². The molecule has 0 radical (unpaired) electrons. The van der Waals surface area contributed by atoms with E-state index in [0.717, 1.165) is 42.4 Å². The molecule has 1 saturated carbocycles. The summed E-state index contributed by atoms with van der Waals surface area (Å²) in [5.41, 5.74) is 0.883. The zero-order chi connectivity index (χ0) is 15.5. The Morgan fingerprint density at radius 2 is 2.09 bits per heavy atom. The average Bonchev–Trinajstić information content (AvgIpc) is 3.16. The molecule has 1 aromatic rings. The summed E-state index contributed by atoms with van der Waals surface area (Å²) in [4.78, 5) is 16.5. The summed E-state index contributed by atoms with van der Waals surface area (Å²) in [6, 6.07) is 8.46. The Morgan fingerprint density at radius 1 is 1.32 bits per heavy atom. The Morgan fingerprint density at radius 3 is 2.73 bits per heavy atom. The number of hydrogen-bond donors (Lipinski definition) is 1. The van der Waals surface area contributed by atoms with Gasteiger partial charge in [0.2, 0.25) is 0 Å². The molecule has 1 saturated heterocycles. The van der Waals surface area contributed by atoms with Gasteiger partial charge in [0.25, 0.3) is 5.91 Å². The van der Waals surface area contributed by atoms with E-state index in [0.29, 0.717) is 11.3 Å². The maximum Gasteiger partial charge on any atom is 0.255 e. The molecule has 1 atom stereocenters. The van der Waals surface area contributed by atoms with E-state index < -0.39 is 0 Å². The highest BCUT2D eigenvalue weighted by molar-refractivity contribution is 8.00. The van der Waals surface area contributed by atoms with E-state index in [1.165, 1.54) is 12.8 Å². The zero-order valence-corrected chi connectivity index (χ0v) is 14.4. The zero-order valence-electron chi connectivity index (χ0n) is 13.5. The van der Waals surface area contributed by atoms with Crippen molar-refractivity contribution in [3.63, 3.8) is 0 Å². The number of thioether (sulfide) groups is 1. The number of benzene rings is 1. The van der Waals surface area contributed by atoms with E-state index in [4.69, 9.17) is 0 Å². The molecule has 4 heteroatoms. The number of nitrogens with one attached hydrogen (secondary N) is 1. The molecule has 1 aliphatic carbocycles. The van der Waals surface area contributed by atoms with Crippen LogP contribution < -0.4 is 5.32 Å². The minimum Gasteiger partial charge on any atom is -0.334 e. The van der Waals surface area contributed by atoms with Crippen molar-refractivity contribution in [3.05, 3.63) is 29.8 Å². The maximum atomic E-state index is 13.2. The molecule has 2 fully saturated rings. The van der Waals surface area contributed by atoms with Crippen molar-refractivity contribution in [1.82, 2.24) is 10.2 Å². The fourth-order valence-electron chi connectivity index (χ4n) is 3.04. The topological polar surface area (TPSA) is 32.3 Å². The Hall–Kier alpha value is -1.00. The quantitative estimate of drug-likeness (QED) is 0.816. The summed E-state index contributed by atoms with van der Waals surface area (Å²) < 4.78 is 0. The van der Waals surface area contributed by atoms with Crippen LogP contribution in [-0.2, 0) is 0 Å². The van der Waals surface area contributed by atoms with Gasteiger partial charge in [-0.3, -0.25) is 4.79 Å². The lowest BCUT2D eigenvalue weighted by Gasteiger charge is -2.29. The first-order chi connectivity index (χ1) is 10.6. The van der Waals surface area contributed by atoms with Gasteiger partial charge in [-0.05, 0) is 43.9 Å². The van der Waals surface area contributed by atoms with Crippen molar-refractivity contribution in [1.29, 1.82) is 0 Å². The van der Waals surface area contributed by atoms with Gasteiger partial charge < -0.3 is 10.2 Å². The molecule has 0 spiro atoms. The summed E-state index contributed by atoms with van der Waals surface area (Å²) >= 11 is 1.78. The van der Waals surface area contributed by atoms with Crippen LogP contribution in [0.15, 0.2) is 29.2 Å². The van der Waals surface area contributed by atoms with E-state index in [1.807, 2.05) is 18.2 Å². The average molecular weight is 318 g/mol. The van der Waals surface area contributed by atoms with Gasteiger partial charge in [-0.2, -0.15) is 0 Å². The van der Waals surface area contributed by atoms with Gasteiger partial charge in [0, 0.05) is 29.3 Å². The van der Waals surface area contributed by atoms with Gasteiger partial charge in [-0.15, -0.1) is 11.8 Å². The van der Waals surface area contributed by atoms with Crippen LogP contribution in [-0.4, -0.2) is 41.7 Å². The number of carbonyl (C=O) groups is 1. The van der Waals surface area contributed by atoms with E-state index >= 15 is 0 Å². The third kappa shape index (κ3) is 3.85. The number of carbonyl (C=O) groups excluding carboxylic acids is 1. The Balaban J connectivity index is 1.82. The van der Waals surface area contributed by atoms with Crippen LogP contribution in [0, 0.1) is 5.92 Å². The molecule has 1 aliphatic heterocycles. The van der Waals surface area contributed by atoms with Crippen LogP contribution in [0.4, 0.5) is 0 Å². The first-order valence-electron chi connectivity index (χ1n) is 8.42. The number of rotatable bonds is 6. The first kappa shape index (κ1) is 15.9. The van der Waals surface area contributed by atoms with Crippen molar-refractivity contribution >= 4 is 17.7 Å².